The second kappa shape index (κ2) is 9.43. The van der Waals surface area contributed by atoms with Crippen LogP contribution in [-0.2, 0) is 19.6 Å². The van der Waals surface area contributed by atoms with E-state index in [0.717, 1.165) is 41.6 Å². The summed E-state index contributed by atoms with van der Waals surface area (Å²) in [7, 11) is -3.84. The van der Waals surface area contributed by atoms with Crippen molar-refractivity contribution < 1.29 is 22.7 Å². The van der Waals surface area contributed by atoms with Gasteiger partial charge in [-0.25, -0.2) is 27.2 Å². The molecule has 4 unspecified atom stereocenters. The number of amides is 2. The summed E-state index contributed by atoms with van der Waals surface area (Å²) in [5.74, 6) is 0.601. The Kier molecular flexibility index (Phi) is 6.33. The Morgan fingerprint density at radius 3 is 2.59 bits per heavy atom. The maximum Gasteiger partial charge on any atom is 0.408 e. The standard InChI is InChI=1S/C29H36N6O5S/c1-18-7-9-20(10-8-18)41(38,39)35-15-11-21-24(35)30-17-22(31-21)33-34-25(36)28-13-14-29(32-26(37)40-27(2,3)4)12-5-6-19(16-28)23(28)29/h7-11,15,17,19,23H,5-6,12-14,16H2,1-4H3,(H,31,33)(H,32,37)(H,34,36). The van der Waals surface area contributed by atoms with E-state index in [9.17, 15) is 18.0 Å². The predicted molar refractivity (Wildman–Crippen MR) is 152 cm³/mol. The van der Waals surface area contributed by atoms with Gasteiger partial charge in [-0.2, -0.15) is 0 Å². The molecule has 3 N–H and O–H groups in total. The Balaban J connectivity index is 1.16. The number of fused-ring (bicyclic) bond motifs is 1. The van der Waals surface area contributed by atoms with Crippen molar-refractivity contribution >= 4 is 39.0 Å². The smallest absolute Gasteiger partial charge is 0.408 e. The quantitative estimate of drug-likeness (QED) is 0.367. The molecular weight excluding hydrogens is 544 g/mol. The van der Waals surface area contributed by atoms with Crippen LogP contribution in [0.15, 0.2) is 47.6 Å². The highest BCUT2D eigenvalue weighted by molar-refractivity contribution is 7.90. The van der Waals surface area contributed by atoms with Gasteiger partial charge in [0, 0.05) is 11.7 Å². The van der Waals surface area contributed by atoms with Crippen molar-refractivity contribution in [2.75, 3.05) is 5.43 Å². The van der Waals surface area contributed by atoms with Crippen LogP contribution in [-0.4, -0.2) is 45.5 Å². The van der Waals surface area contributed by atoms with Crippen LogP contribution in [0.2, 0.25) is 0 Å². The molecule has 0 saturated heterocycles. The molecule has 3 aromatic rings. The minimum absolute atomic E-state index is 0.0487. The number of aryl methyl sites for hydroxylation is 1. The number of nitrogens with zero attached hydrogens (tertiary/aromatic N) is 3. The Hall–Kier alpha value is -3.67. The lowest BCUT2D eigenvalue weighted by molar-refractivity contribution is -0.153. The van der Waals surface area contributed by atoms with Crippen molar-refractivity contribution in [3.63, 3.8) is 0 Å². The number of carbonyl (C=O) groups is 2. The maximum atomic E-state index is 13.6. The first kappa shape index (κ1) is 27.5. The summed E-state index contributed by atoms with van der Waals surface area (Å²) in [4.78, 5) is 35.3. The number of rotatable bonds is 6. The SMILES string of the molecule is Cc1ccc(S(=O)(=O)n2ccc3nc(NNC(=O)C45CCC6(NC(=O)OC(C)(C)C)CCCC(C4)C65)cnc32)cc1. The van der Waals surface area contributed by atoms with Gasteiger partial charge in [0.05, 0.1) is 16.5 Å². The third-order valence-electron chi connectivity index (χ3n) is 8.94. The highest BCUT2D eigenvalue weighted by Gasteiger charge is 2.71. The molecule has 3 aliphatic carbocycles. The van der Waals surface area contributed by atoms with E-state index in [0.29, 0.717) is 23.7 Å². The summed E-state index contributed by atoms with van der Waals surface area (Å²) in [6.07, 6.45) is 7.49. The zero-order valence-corrected chi connectivity index (χ0v) is 24.5. The normalized spacial score (nSPS) is 27.0. The summed E-state index contributed by atoms with van der Waals surface area (Å²) in [5, 5.41) is 3.18. The van der Waals surface area contributed by atoms with Gasteiger partial charge < -0.3 is 10.1 Å². The molecule has 3 saturated carbocycles. The lowest BCUT2D eigenvalue weighted by Gasteiger charge is -2.58. The monoisotopic (exact) mass is 580 g/mol. The molecule has 0 spiro atoms. The van der Waals surface area contributed by atoms with E-state index < -0.39 is 32.7 Å². The maximum absolute atomic E-state index is 13.6. The molecule has 218 valence electrons. The van der Waals surface area contributed by atoms with Gasteiger partial charge in [-0.05, 0) is 89.8 Å². The Bertz CT molecular complexity index is 1630. The fraction of sp³-hybridized carbons (Fsp3) is 0.517. The molecule has 0 aliphatic heterocycles. The summed E-state index contributed by atoms with van der Waals surface area (Å²) < 4.78 is 33.0. The molecular formula is C29H36N6O5S. The average molecular weight is 581 g/mol. The lowest BCUT2D eigenvalue weighted by Crippen LogP contribution is -2.66. The lowest BCUT2D eigenvalue weighted by atomic mass is 9.48. The number of hydrazine groups is 1. The molecule has 2 amide bonds. The first-order valence-electron chi connectivity index (χ1n) is 14.1. The molecule has 3 fully saturated rings. The molecule has 1 aromatic carbocycles. The first-order valence-corrected chi connectivity index (χ1v) is 15.5. The fourth-order valence-electron chi connectivity index (χ4n) is 7.34. The van der Waals surface area contributed by atoms with Gasteiger partial charge >= 0.3 is 6.09 Å². The summed E-state index contributed by atoms with van der Waals surface area (Å²) >= 11 is 0. The summed E-state index contributed by atoms with van der Waals surface area (Å²) in [6.45, 7) is 7.41. The number of benzene rings is 1. The molecule has 11 nitrogen and oxygen atoms in total. The number of carbonyl (C=O) groups excluding carboxylic acids is 2. The van der Waals surface area contributed by atoms with Gasteiger partial charge in [-0.1, -0.05) is 24.1 Å². The number of hydrogen-bond acceptors (Lipinski definition) is 8. The third-order valence-corrected chi connectivity index (χ3v) is 10.6. The largest absolute Gasteiger partial charge is 0.444 e. The van der Waals surface area contributed by atoms with Crippen LogP contribution in [0.1, 0.15) is 64.9 Å². The van der Waals surface area contributed by atoms with Crippen molar-refractivity contribution in [3.8, 4) is 0 Å². The van der Waals surface area contributed by atoms with Crippen LogP contribution in [0.3, 0.4) is 0 Å². The third kappa shape index (κ3) is 4.61. The molecule has 2 heterocycles. The number of alkyl carbamates (subject to hydrolysis) is 1. The zero-order chi connectivity index (χ0) is 29.2. The van der Waals surface area contributed by atoms with Crippen LogP contribution in [0.4, 0.5) is 10.6 Å². The number of nitrogens with one attached hydrogen (secondary N) is 3. The Morgan fingerprint density at radius 2 is 1.85 bits per heavy atom. The predicted octanol–water partition coefficient (Wildman–Crippen LogP) is 4.28. The molecule has 6 rings (SSSR count). The van der Waals surface area contributed by atoms with Crippen molar-refractivity contribution in [3.05, 3.63) is 48.3 Å². The molecule has 0 bridgehead atoms. The van der Waals surface area contributed by atoms with E-state index in [1.165, 1.54) is 12.4 Å². The van der Waals surface area contributed by atoms with E-state index in [2.05, 4.69) is 26.1 Å². The zero-order valence-electron chi connectivity index (χ0n) is 23.7. The van der Waals surface area contributed by atoms with E-state index in [4.69, 9.17) is 4.74 Å². The van der Waals surface area contributed by atoms with Crippen molar-refractivity contribution in [2.45, 2.75) is 82.3 Å². The van der Waals surface area contributed by atoms with Crippen LogP contribution in [0, 0.1) is 24.2 Å². The highest BCUT2D eigenvalue weighted by Crippen LogP contribution is 2.69. The second-order valence-corrected chi connectivity index (χ2v) is 14.6. The highest BCUT2D eigenvalue weighted by atomic mass is 32.2. The number of aromatic nitrogens is 3. The Morgan fingerprint density at radius 1 is 1.10 bits per heavy atom. The fourth-order valence-corrected chi connectivity index (χ4v) is 8.64. The van der Waals surface area contributed by atoms with Gasteiger partial charge in [-0.15, -0.1) is 0 Å². The molecule has 3 aliphatic rings. The van der Waals surface area contributed by atoms with Gasteiger partial charge in [0.15, 0.2) is 11.5 Å². The molecule has 0 radical (unpaired) electrons. The second-order valence-electron chi connectivity index (χ2n) is 12.7. The van der Waals surface area contributed by atoms with Crippen molar-refractivity contribution in [1.29, 1.82) is 0 Å². The minimum Gasteiger partial charge on any atom is -0.444 e. The number of hydrogen-bond donors (Lipinski definition) is 3. The number of anilines is 1. The van der Waals surface area contributed by atoms with Crippen molar-refractivity contribution in [1.82, 2.24) is 24.7 Å². The molecule has 12 heteroatoms. The van der Waals surface area contributed by atoms with E-state index >= 15 is 0 Å². The molecule has 41 heavy (non-hydrogen) atoms. The summed E-state index contributed by atoms with van der Waals surface area (Å²) in [5.41, 5.74) is 5.63. The van der Waals surface area contributed by atoms with Crippen LogP contribution >= 0.6 is 0 Å². The van der Waals surface area contributed by atoms with Crippen LogP contribution < -0.4 is 16.2 Å². The van der Waals surface area contributed by atoms with Gasteiger partial charge in [0.2, 0.25) is 5.91 Å². The van der Waals surface area contributed by atoms with E-state index in [-0.39, 0.29) is 22.4 Å². The van der Waals surface area contributed by atoms with Crippen LogP contribution in [0.5, 0.6) is 0 Å². The molecule has 2 aromatic heterocycles. The average Bonchev–Trinajstić information content (AvgIpc) is 3.44. The number of ether oxygens (including phenoxy) is 1. The van der Waals surface area contributed by atoms with Gasteiger partial charge in [0.1, 0.15) is 11.1 Å². The van der Waals surface area contributed by atoms with E-state index in [1.54, 1.807) is 30.3 Å². The van der Waals surface area contributed by atoms with Crippen LogP contribution in [0.25, 0.3) is 11.2 Å². The van der Waals surface area contributed by atoms with Gasteiger partial charge in [0.25, 0.3) is 10.0 Å². The minimum atomic E-state index is -3.84. The topological polar surface area (TPSA) is 144 Å². The summed E-state index contributed by atoms with van der Waals surface area (Å²) in [6, 6.07) is 8.19. The van der Waals surface area contributed by atoms with Crippen molar-refractivity contribution in [2.24, 2.45) is 17.3 Å². The first-order chi connectivity index (χ1) is 19.3. The van der Waals surface area contributed by atoms with Gasteiger partial charge in [-0.3, -0.25) is 15.6 Å². The Labute approximate surface area is 239 Å². The van der Waals surface area contributed by atoms with E-state index in [1.807, 2.05) is 27.7 Å². The molecule has 4 atom stereocenters.